The molecule has 0 spiro atoms. The van der Waals surface area contributed by atoms with E-state index < -0.39 is 271 Å². The number of hydrogen-bond donors (Lipinski definition) is 21. The number of primary amides is 2. The van der Waals surface area contributed by atoms with Crippen molar-refractivity contribution in [3.05, 3.63) is 0 Å². The predicted molar refractivity (Wildman–Crippen MR) is 451 cm³/mol. The Kier molecular flexibility index (Phi) is 48.3. The molecule has 43 heteroatoms. The molecule has 0 aromatic carbocycles. The number of carbonyl (C=O) groups excluding carboxylic acids is 18. The molecule has 2 rings (SSSR count). The van der Waals surface area contributed by atoms with Crippen LogP contribution in [0.1, 0.15) is 226 Å². The van der Waals surface area contributed by atoms with E-state index >= 15 is 0 Å². The lowest BCUT2D eigenvalue weighted by atomic mass is 9.96. The second-order valence-electron chi connectivity index (χ2n) is 34.0. The highest BCUT2D eigenvalue weighted by Gasteiger charge is 2.45. The van der Waals surface area contributed by atoms with Gasteiger partial charge in [0.15, 0.2) is 0 Å². The van der Waals surface area contributed by atoms with Gasteiger partial charge < -0.3 is 122 Å². The van der Waals surface area contributed by atoms with Crippen molar-refractivity contribution in [3.8, 4) is 0 Å². The molecular formula is C81H140N20O23. The lowest BCUT2D eigenvalue weighted by Crippen LogP contribution is -2.62. The lowest BCUT2D eigenvalue weighted by molar-refractivity contribution is -0.144. The van der Waals surface area contributed by atoms with Gasteiger partial charge in [0.1, 0.15) is 90.6 Å². The summed E-state index contributed by atoms with van der Waals surface area (Å²) in [5.74, 6) is -21.1. The normalized spacial score (nSPS) is 17.5. The molecule has 43 nitrogen and oxygen atoms in total. The van der Waals surface area contributed by atoms with Crippen molar-refractivity contribution in [1.82, 2.24) is 84.2 Å². The van der Waals surface area contributed by atoms with Crippen LogP contribution in [-0.2, 0) is 95.9 Å². The molecule has 0 aromatic heterocycles. The summed E-state index contributed by atoms with van der Waals surface area (Å²) in [5.41, 5.74) is 22.7. The minimum atomic E-state index is -1.79. The smallest absolute Gasteiger partial charge is 0.326 e. The Morgan fingerprint density at radius 1 is 0.395 bits per heavy atom. The van der Waals surface area contributed by atoms with Crippen molar-refractivity contribution >= 4 is 118 Å². The van der Waals surface area contributed by atoms with Gasteiger partial charge in [0, 0.05) is 32.9 Å². The van der Waals surface area contributed by atoms with Crippen molar-refractivity contribution in [2.45, 2.75) is 323 Å². The fourth-order valence-corrected chi connectivity index (χ4v) is 14.0. The number of nitrogens with two attached hydrogens (primary N) is 4. The largest absolute Gasteiger partial charge is 0.481 e. The predicted octanol–water partition coefficient (Wildman–Crippen LogP) is -4.35. The molecule has 702 valence electrons. The molecule has 124 heavy (non-hydrogen) atoms. The van der Waals surface area contributed by atoms with Gasteiger partial charge in [-0.15, -0.1) is 0 Å². The molecule has 0 unspecified atom stereocenters. The molecule has 0 aliphatic carbocycles. The molecule has 0 aromatic rings. The van der Waals surface area contributed by atoms with Gasteiger partial charge in [0.05, 0.1) is 19.1 Å². The Hall–Kier alpha value is -10.7. The van der Waals surface area contributed by atoms with E-state index in [4.69, 9.17) is 28.0 Å². The van der Waals surface area contributed by atoms with Crippen molar-refractivity contribution < 1.29 is 111 Å². The van der Waals surface area contributed by atoms with E-state index in [9.17, 15) is 106 Å². The molecule has 2 fully saturated rings. The first-order valence-corrected chi connectivity index (χ1v) is 42.9. The summed E-state index contributed by atoms with van der Waals surface area (Å²) in [6.07, 6.45) is -2.19. The number of unbranched alkanes of at least 4 members (excludes halogenated alkanes) is 2. The van der Waals surface area contributed by atoms with Crippen LogP contribution < -0.4 is 97.4 Å². The average Bonchev–Trinajstić information content (AvgIpc) is 1.20. The quantitative estimate of drug-likeness (QED) is 0.0256. The molecule has 17 atom stereocenters. The topological polar surface area (TPSA) is 681 Å². The van der Waals surface area contributed by atoms with Gasteiger partial charge >= 0.3 is 11.9 Å². The third-order valence-electron chi connectivity index (χ3n) is 21.1. The van der Waals surface area contributed by atoms with Crippen LogP contribution in [0.3, 0.4) is 0 Å². The molecule has 2 heterocycles. The Morgan fingerprint density at radius 2 is 0.766 bits per heavy atom. The summed E-state index contributed by atoms with van der Waals surface area (Å²) in [6, 6.07) is -21.5. The van der Waals surface area contributed by atoms with E-state index in [2.05, 4.69) is 74.4 Å². The SMILES string of the molecule is CC[C@H](C)[C@@H](NC(=O)[C@@H](CC(N)=O)NC(=O)[C@@H]1CCCN1C(=O)[C@@H](CC(C)C)NC(=O)[C@H](NC(=O)CNC(C)=O)C(C)C)C(=O)N[C@H](CCC(N)=O)C(=O)N[C@H](C)C(=O)N[C@H](C(=O)N[C@H](CC(C)C)C(=O)N[C@H](CC(C)C)C(=O)N1CCC[C@H]1C(=O)N[C@H](CCCCN)C(=O)N[C@H](CCCCN)C(=O)N[C@@H](C(=O)N[C@@H](CCC(=O)O)C(=O)O)[C@H](C)O)C(C)C. The number of carbonyl (C=O) groups is 20. The second-order valence-corrected chi connectivity index (χ2v) is 34.0. The highest BCUT2D eigenvalue weighted by Crippen LogP contribution is 2.25. The van der Waals surface area contributed by atoms with Gasteiger partial charge in [0.2, 0.25) is 106 Å². The minimum Gasteiger partial charge on any atom is -0.481 e. The summed E-state index contributed by atoms with van der Waals surface area (Å²) in [4.78, 5) is 275. The zero-order valence-electron chi connectivity index (χ0n) is 74.4. The number of aliphatic carboxylic acids is 2. The van der Waals surface area contributed by atoms with Gasteiger partial charge in [0.25, 0.3) is 0 Å². The van der Waals surface area contributed by atoms with Crippen LogP contribution in [0.2, 0.25) is 0 Å². The number of carboxylic acid groups (broad SMARTS) is 2. The maximum Gasteiger partial charge on any atom is 0.326 e. The number of nitrogens with zero attached hydrogens (tertiary/aromatic N) is 2. The van der Waals surface area contributed by atoms with Crippen LogP contribution in [0.25, 0.3) is 0 Å². The standard InChI is InChI=1S/C81H140N20O23/c1-16-45(12)65(98-72(114)54(38-60(85)105)92-74(116)58-26-22-34-101(58)80(122)56(37-42(6)7)95-75(117)63(43(8)9)96-61(106)39-86-48(15)103)77(119)90-51(27-29-59(84)104)68(110)87-46(13)67(109)97-64(44(10)11)76(118)93-53(35-40(2)3)71(113)94-55(36-41(4)5)79(121)100-33-21-25-57(100)73(115)89-49(23-17-19-31-82)69(111)88-50(24-18-20-32-83)70(112)99-66(47(14)102)78(120)91-52(81(123)124)28-30-62(107)108/h40-47,49-58,63-66,102H,16-39,82-83H2,1-15H3,(H2,84,104)(H2,85,105)(H,86,103)(H,87,110)(H,88,111)(H,89,115)(H,90,119)(H,91,120)(H,92,116)(H,93,118)(H,94,113)(H,95,117)(H,96,106)(H,97,109)(H,98,114)(H,99,112)(H,107,108)(H,123,124)/t45-,46+,47-,49+,50+,51+,52-,53+,54+,55+,56+,57-,58-,63+,64-,65+,66+/m0/s1. The maximum absolute atomic E-state index is 14.9. The number of nitrogens with one attached hydrogen (secondary N) is 14. The van der Waals surface area contributed by atoms with E-state index in [1.807, 2.05) is 0 Å². The van der Waals surface area contributed by atoms with E-state index in [1.165, 1.54) is 23.6 Å². The fraction of sp³-hybridized carbons (Fsp3) is 0.753. The van der Waals surface area contributed by atoms with Crippen LogP contribution in [0.4, 0.5) is 0 Å². The number of aliphatic hydroxyl groups is 1. The number of amides is 18. The average molecular weight is 1760 g/mol. The lowest BCUT2D eigenvalue weighted by Gasteiger charge is -2.32. The van der Waals surface area contributed by atoms with Gasteiger partial charge in [-0.05, 0) is 159 Å². The van der Waals surface area contributed by atoms with Gasteiger partial charge in [-0.3, -0.25) is 91.1 Å². The van der Waals surface area contributed by atoms with E-state index in [1.54, 1.807) is 83.1 Å². The fourth-order valence-electron chi connectivity index (χ4n) is 14.0. The summed E-state index contributed by atoms with van der Waals surface area (Å²) >= 11 is 0. The summed E-state index contributed by atoms with van der Waals surface area (Å²) < 4.78 is 0. The van der Waals surface area contributed by atoms with E-state index in [0.29, 0.717) is 32.1 Å². The number of carboxylic acids is 2. The molecule has 2 saturated heterocycles. The summed E-state index contributed by atoms with van der Waals surface area (Å²) in [5, 5.41) is 65.1. The first kappa shape index (κ1) is 109. The Bertz CT molecular complexity index is 3680. The van der Waals surface area contributed by atoms with Crippen molar-refractivity contribution in [1.29, 1.82) is 0 Å². The van der Waals surface area contributed by atoms with E-state index in [-0.39, 0.29) is 102 Å². The zero-order chi connectivity index (χ0) is 94.3. The second kappa shape index (κ2) is 54.8. The molecule has 2 aliphatic heterocycles. The summed E-state index contributed by atoms with van der Waals surface area (Å²) in [6.45, 7) is 24.1. The van der Waals surface area contributed by atoms with Crippen LogP contribution >= 0.6 is 0 Å². The third-order valence-corrected chi connectivity index (χ3v) is 21.1. The molecule has 25 N–H and O–H groups in total. The van der Waals surface area contributed by atoms with Gasteiger partial charge in [-0.1, -0.05) is 89.5 Å². The van der Waals surface area contributed by atoms with Crippen LogP contribution in [0.15, 0.2) is 0 Å². The van der Waals surface area contributed by atoms with Gasteiger partial charge in [-0.25, -0.2) is 4.79 Å². The van der Waals surface area contributed by atoms with Crippen LogP contribution in [0.5, 0.6) is 0 Å². The highest BCUT2D eigenvalue weighted by molar-refractivity contribution is 6.02. The first-order chi connectivity index (χ1) is 58.0. The molecule has 18 amide bonds. The Labute approximate surface area is 724 Å². The molecule has 0 bridgehead atoms. The van der Waals surface area contributed by atoms with Gasteiger partial charge in [-0.2, -0.15) is 0 Å². The first-order valence-electron chi connectivity index (χ1n) is 42.9. The third kappa shape index (κ3) is 38.2. The summed E-state index contributed by atoms with van der Waals surface area (Å²) in [7, 11) is 0. The Balaban J connectivity index is 2.41. The number of hydrogen-bond acceptors (Lipinski definition) is 23. The number of likely N-dealkylation sites (tertiary alicyclic amines) is 2. The zero-order valence-corrected chi connectivity index (χ0v) is 74.4. The van der Waals surface area contributed by atoms with Crippen molar-refractivity contribution in [2.24, 2.45) is 58.4 Å². The van der Waals surface area contributed by atoms with Crippen molar-refractivity contribution in [2.75, 3.05) is 32.7 Å². The molecule has 0 radical (unpaired) electrons. The molecule has 0 saturated carbocycles. The monoisotopic (exact) mass is 1760 g/mol. The molecular weight excluding hydrogens is 1620 g/mol. The Morgan fingerprint density at radius 3 is 1.21 bits per heavy atom. The maximum atomic E-state index is 14.9. The van der Waals surface area contributed by atoms with E-state index in [0.717, 1.165) is 6.92 Å². The van der Waals surface area contributed by atoms with Crippen molar-refractivity contribution in [3.63, 3.8) is 0 Å². The van der Waals surface area contributed by atoms with Crippen LogP contribution in [0, 0.1) is 35.5 Å². The molecule has 2 aliphatic rings. The van der Waals surface area contributed by atoms with Crippen LogP contribution in [-0.4, -0.2) is 273 Å². The highest BCUT2D eigenvalue weighted by atomic mass is 16.4. The number of rotatable bonds is 57. The number of aliphatic hydroxyl groups excluding tert-OH is 1. The minimum absolute atomic E-state index is 0.00320.